The molecule has 33 heavy (non-hydrogen) atoms. The molecule has 1 atom stereocenters. The largest absolute Gasteiger partial charge is 0.490 e. The van der Waals surface area contributed by atoms with Crippen LogP contribution in [-0.4, -0.2) is 30.2 Å². The highest BCUT2D eigenvalue weighted by molar-refractivity contribution is 6.05. The number of nitrogens with one attached hydrogen (secondary N) is 1. The fourth-order valence-electron chi connectivity index (χ4n) is 3.43. The summed E-state index contributed by atoms with van der Waals surface area (Å²) in [6.45, 7) is 9.18. The van der Waals surface area contributed by atoms with E-state index in [1.54, 1.807) is 6.07 Å². The van der Waals surface area contributed by atoms with Crippen LogP contribution in [0.15, 0.2) is 60.7 Å². The Bertz CT molecular complexity index is 1070. The molecule has 6 nitrogen and oxygen atoms in total. The summed E-state index contributed by atoms with van der Waals surface area (Å²) in [6.07, 6.45) is 1.71. The van der Waals surface area contributed by atoms with Gasteiger partial charge in [-0.15, -0.1) is 0 Å². The second-order valence-electron chi connectivity index (χ2n) is 7.78. The number of hydrogen-bond acceptors (Lipinski definition) is 5. The lowest BCUT2D eigenvalue weighted by Gasteiger charge is -2.14. The lowest BCUT2D eigenvalue weighted by atomic mass is 10.1. The van der Waals surface area contributed by atoms with Gasteiger partial charge in [-0.1, -0.05) is 25.1 Å². The molecule has 0 aliphatic heterocycles. The van der Waals surface area contributed by atoms with E-state index in [2.05, 4.69) is 17.2 Å². The number of benzene rings is 2. The second-order valence-corrected chi connectivity index (χ2v) is 7.78. The van der Waals surface area contributed by atoms with Crippen molar-refractivity contribution in [2.45, 2.75) is 46.6 Å². The van der Waals surface area contributed by atoms with Crippen molar-refractivity contribution in [2.24, 2.45) is 0 Å². The van der Waals surface area contributed by atoms with Gasteiger partial charge in [0.05, 0.1) is 24.0 Å². The molecule has 0 radical (unpaired) electrons. The highest BCUT2D eigenvalue weighted by Crippen LogP contribution is 2.32. The van der Waals surface area contributed by atoms with E-state index >= 15 is 0 Å². The van der Waals surface area contributed by atoms with Gasteiger partial charge in [0.25, 0.3) is 5.91 Å². The first-order valence-electron chi connectivity index (χ1n) is 11.4. The quantitative estimate of drug-likeness (QED) is 0.379. The van der Waals surface area contributed by atoms with Crippen LogP contribution in [0.25, 0.3) is 0 Å². The van der Waals surface area contributed by atoms with Gasteiger partial charge in [0, 0.05) is 30.5 Å². The van der Waals surface area contributed by atoms with Crippen LogP contribution < -0.4 is 14.8 Å². The number of para-hydroxylation sites is 2. The van der Waals surface area contributed by atoms with E-state index in [0.29, 0.717) is 53.8 Å². The number of aromatic nitrogens is 1. The fourth-order valence-corrected chi connectivity index (χ4v) is 3.43. The number of hydrogen-bond donors (Lipinski definition) is 1. The zero-order valence-electron chi connectivity index (χ0n) is 19.8. The summed E-state index contributed by atoms with van der Waals surface area (Å²) in [4.78, 5) is 17.5. The zero-order valence-corrected chi connectivity index (χ0v) is 19.8. The molecule has 1 amide bonds. The molecule has 1 heterocycles. The lowest BCUT2D eigenvalue weighted by molar-refractivity contribution is 0.0761. The minimum Gasteiger partial charge on any atom is -0.490 e. The van der Waals surface area contributed by atoms with Crippen LogP contribution in [0.4, 0.5) is 5.69 Å². The van der Waals surface area contributed by atoms with Crippen LogP contribution in [0.2, 0.25) is 0 Å². The summed E-state index contributed by atoms with van der Waals surface area (Å²) >= 11 is 0. The van der Waals surface area contributed by atoms with Gasteiger partial charge in [-0.25, -0.2) is 0 Å². The summed E-state index contributed by atoms with van der Waals surface area (Å²) in [5.74, 6) is 1.71. The Morgan fingerprint density at radius 3 is 2.55 bits per heavy atom. The number of rotatable bonds is 11. The third-order valence-electron chi connectivity index (χ3n) is 4.97. The molecule has 1 aromatic heterocycles. The van der Waals surface area contributed by atoms with E-state index in [4.69, 9.17) is 14.2 Å². The molecule has 0 spiro atoms. The van der Waals surface area contributed by atoms with Crippen molar-refractivity contribution in [1.82, 2.24) is 4.98 Å². The first-order valence-corrected chi connectivity index (χ1v) is 11.4. The second kappa shape index (κ2) is 12.0. The normalized spacial score (nSPS) is 11.6. The number of nitrogens with zero attached hydrogens (tertiary/aromatic N) is 1. The molecule has 1 N–H and O–H groups in total. The molecule has 0 bridgehead atoms. The Labute approximate surface area is 195 Å². The highest BCUT2D eigenvalue weighted by Gasteiger charge is 2.13. The molecule has 3 aromatic rings. The van der Waals surface area contributed by atoms with Crippen molar-refractivity contribution < 1.29 is 19.0 Å². The Balaban J connectivity index is 1.69. The summed E-state index contributed by atoms with van der Waals surface area (Å²) in [5, 5.41) is 2.94. The number of carbonyl (C=O) groups is 1. The van der Waals surface area contributed by atoms with Crippen LogP contribution in [0.1, 0.15) is 48.9 Å². The van der Waals surface area contributed by atoms with Crippen molar-refractivity contribution in [3.63, 3.8) is 0 Å². The molecular weight excluding hydrogens is 416 g/mol. The predicted octanol–water partition coefficient (Wildman–Crippen LogP) is 6.19. The minimum absolute atomic E-state index is 0.0850. The first kappa shape index (κ1) is 24.3. The molecular formula is C27H32N2O4. The number of pyridine rings is 1. The van der Waals surface area contributed by atoms with Crippen LogP contribution in [0.5, 0.6) is 17.2 Å². The van der Waals surface area contributed by atoms with Gasteiger partial charge in [-0.2, -0.15) is 0 Å². The van der Waals surface area contributed by atoms with Crippen molar-refractivity contribution in [3.8, 4) is 17.2 Å². The topological polar surface area (TPSA) is 69.7 Å². The molecule has 3 rings (SSSR count). The van der Waals surface area contributed by atoms with Crippen LogP contribution in [0, 0.1) is 6.92 Å². The molecule has 0 aliphatic carbocycles. The van der Waals surface area contributed by atoms with Gasteiger partial charge in [0.15, 0.2) is 11.5 Å². The van der Waals surface area contributed by atoms with Gasteiger partial charge >= 0.3 is 0 Å². The Morgan fingerprint density at radius 1 is 1.03 bits per heavy atom. The Hall–Kier alpha value is -3.38. The SMILES string of the molecule is CCCOc1ccccc1Oc1cccc(NC(=O)c2ccc(CC(C)OCC)nc2C)c1. The number of anilines is 1. The van der Waals surface area contributed by atoms with Gasteiger partial charge < -0.3 is 19.5 Å². The summed E-state index contributed by atoms with van der Waals surface area (Å²) in [6, 6.07) is 18.5. The van der Waals surface area contributed by atoms with Crippen LogP contribution >= 0.6 is 0 Å². The van der Waals surface area contributed by atoms with Crippen molar-refractivity contribution >= 4 is 11.6 Å². The monoisotopic (exact) mass is 448 g/mol. The smallest absolute Gasteiger partial charge is 0.257 e. The van der Waals surface area contributed by atoms with Gasteiger partial charge in [0.1, 0.15) is 5.75 Å². The molecule has 174 valence electrons. The minimum atomic E-state index is -0.215. The van der Waals surface area contributed by atoms with Crippen molar-refractivity contribution in [1.29, 1.82) is 0 Å². The fraction of sp³-hybridized carbons (Fsp3) is 0.333. The Kier molecular flexibility index (Phi) is 8.84. The zero-order chi connectivity index (χ0) is 23.6. The maximum atomic E-state index is 12.9. The molecule has 0 fully saturated rings. The van der Waals surface area contributed by atoms with Gasteiger partial charge in [-0.05, 0) is 63.6 Å². The highest BCUT2D eigenvalue weighted by atomic mass is 16.5. The number of amides is 1. The van der Waals surface area contributed by atoms with E-state index in [-0.39, 0.29) is 12.0 Å². The summed E-state index contributed by atoms with van der Waals surface area (Å²) < 4.78 is 17.4. The molecule has 1 unspecified atom stereocenters. The standard InChI is InChI=1S/C27H32N2O4/c1-5-16-32-25-12-7-8-13-26(25)33-23-11-9-10-21(18-23)29-27(30)24-15-14-22(28-20(24)4)17-19(3)31-6-2/h7-15,18-19H,5-6,16-17H2,1-4H3,(H,29,30). The predicted molar refractivity (Wildman–Crippen MR) is 130 cm³/mol. The molecule has 0 saturated carbocycles. The third kappa shape index (κ3) is 7.05. The molecule has 2 aromatic carbocycles. The molecule has 0 saturated heterocycles. The van der Waals surface area contributed by atoms with Crippen molar-refractivity contribution in [3.05, 3.63) is 77.6 Å². The van der Waals surface area contributed by atoms with Gasteiger partial charge in [-0.3, -0.25) is 9.78 Å². The maximum Gasteiger partial charge on any atom is 0.257 e. The average molecular weight is 449 g/mol. The maximum absolute atomic E-state index is 12.9. The number of ether oxygens (including phenoxy) is 3. The van der Waals surface area contributed by atoms with E-state index in [9.17, 15) is 4.79 Å². The van der Waals surface area contributed by atoms with E-state index < -0.39 is 0 Å². The summed E-state index contributed by atoms with van der Waals surface area (Å²) in [5.41, 5.74) is 2.76. The third-order valence-corrected chi connectivity index (χ3v) is 4.97. The molecule has 0 aliphatic rings. The number of aryl methyl sites for hydroxylation is 1. The van der Waals surface area contributed by atoms with E-state index in [0.717, 1.165) is 12.1 Å². The molecule has 6 heteroatoms. The summed E-state index contributed by atoms with van der Waals surface area (Å²) in [7, 11) is 0. The van der Waals surface area contributed by atoms with E-state index in [1.165, 1.54) is 0 Å². The van der Waals surface area contributed by atoms with Crippen LogP contribution in [-0.2, 0) is 11.2 Å². The first-order chi connectivity index (χ1) is 16.0. The van der Waals surface area contributed by atoms with Crippen molar-refractivity contribution in [2.75, 3.05) is 18.5 Å². The van der Waals surface area contributed by atoms with E-state index in [1.807, 2.05) is 75.4 Å². The average Bonchev–Trinajstić information content (AvgIpc) is 2.79. The Morgan fingerprint density at radius 2 is 1.82 bits per heavy atom. The lowest BCUT2D eigenvalue weighted by Crippen LogP contribution is -2.16. The number of carbonyl (C=O) groups excluding carboxylic acids is 1. The van der Waals surface area contributed by atoms with Crippen LogP contribution in [0.3, 0.4) is 0 Å². The van der Waals surface area contributed by atoms with Gasteiger partial charge in [0.2, 0.25) is 0 Å².